The van der Waals surface area contributed by atoms with E-state index in [1.54, 1.807) is 4.31 Å². The van der Waals surface area contributed by atoms with Gasteiger partial charge in [-0.05, 0) is 58.1 Å². The first kappa shape index (κ1) is 15.5. The van der Waals surface area contributed by atoms with E-state index in [9.17, 15) is 8.42 Å². The molecular weight excluding hydrogens is 304 g/mol. The highest BCUT2D eigenvalue weighted by Crippen LogP contribution is 2.37. The molecule has 0 unspecified atom stereocenters. The van der Waals surface area contributed by atoms with E-state index >= 15 is 0 Å². The van der Waals surface area contributed by atoms with Crippen LogP contribution >= 0.6 is 11.3 Å². The van der Waals surface area contributed by atoms with Gasteiger partial charge in [-0.3, -0.25) is 0 Å². The van der Waals surface area contributed by atoms with Crippen molar-refractivity contribution in [3.63, 3.8) is 0 Å². The maximum atomic E-state index is 12.9. The van der Waals surface area contributed by atoms with Crippen LogP contribution in [0.15, 0.2) is 10.3 Å². The van der Waals surface area contributed by atoms with Crippen LogP contribution in [0.2, 0.25) is 0 Å². The molecule has 3 rings (SSSR count). The molecule has 2 heterocycles. The zero-order valence-electron chi connectivity index (χ0n) is 13.0. The fourth-order valence-corrected chi connectivity index (χ4v) is 6.45. The number of nitrogens with zero attached hydrogens (tertiary/aromatic N) is 1. The molecule has 0 amide bonds. The lowest BCUT2D eigenvalue weighted by atomic mass is 10.0. The van der Waals surface area contributed by atoms with Gasteiger partial charge >= 0.3 is 0 Å². The van der Waals surface area contributed by atoms with Crippen molar-refractivity contribution in [2.75, 3.05) is 6.54 Å². The summed E-state index contributed by atoms with van der Waals surface area (Å²) in [5, 5.41) is 3.47. The molecule has 1 saturated heterocycles. The first-order valence-electron chi connectivity index (χ1n) is 7.66. The molecule has 1 aromatic rings. The molecule has 0 spiro atoms. The van der Waals surface area contributed by atoms with Gasteiger partial charge in [0.1, 0.15) is 4.21 Å². The number of hydrogen-bond acceptors (Lipinski definition) is 4. The second kappa shape index (κ2) is 5.33. The smallest absolute Gasteiger partial charge is 0.253 e. The summed E-state index contributed by atoms with van der Waals surface area (Å²) < 4.78 is 28.0. The fraction of sp³-hybridized carbons (Fsp3) is 0.733. The van der Waals surface area contributed by atoms with Gasteiger partial charge < -0.3 is 5.32 Å². The number of hydrogen-bond donors (Lipinski definition) is 1. The van der Waals surface area contributed by atoms with E-state index in [0.717, 1.165) is 29.8 Å². The molecule has 1 aliphatic heterocycles. The molecule has 118 valence electrons. The van der Waals surface area contributed by atoms with E-state index in [0.29, 0.717) is 16.8 Å². The third kappa shape index (κ3) is 3.04. The summed E-state index contributed by atoms with van der Waals surface area (Å²) in [4.78, 5) is 1.15. The number of sulfonamides is 1. The number of nitrogens with one attached hydrogen (secondary N) is 1. The lowest BCUT2D eigenvalue weighted by Gasteiger charge is -2.29. The average molecular weight is 329 g/mol. The normalized spacial score (nSPS) is 22.8. The van der Waals surface area contributed by atoms with E-state index in [2.05, 4.69) is 5.32 Å². The van der Waals surface area contributed by atoms with Gasteiger partial charge in [-0.1, -0.05) is 0 Å². The molecule has 1 aromatic heterocycles. The third-order valence-electron chi connectivity index (χ3n) is 4.50. The predicted octanol–water partition coefficient (Wildman–Crippen LogP) is 2.87. The SMILES string of the molecule is Cc1cc(S(=O)(=O)N2CCCC2(C)C)sc1CNC1CC1. The highest BCUT2D eigenvalue weighted by molar-refractivity contribution is 7.91. The van der Waals surface area contributed by atoms with E-state index in [4.69, 9.17) is 0 Å². The van der Waals surface area contributed by atoms with Crippen molar-refractivity contribution in [3.8, 4) is 0 Å². The highest BCUT2D eigenvalue weighted by Gasteiger charge is 2.41. The molecule has 1 N–H and O–H groups in total. The Balaban J connectivity index is 1.83. The Kier molecular flexibility index (Phi) is 3.93. The Morgan fingerprint density at radius 1 is 1.43 bits per heavy atom. The minimum absolute atomic E-state index is 0.261. The van der Waals surface area contributed by atoms with Crippen molar-refractivity contribution in [3.05, 3.63) is 16.5 Å². The molecular formula is C15H24N2O2S2. The van der Waals surface area contributed by atoms with Crippen LogP contribution in [0.4, 0.5) is 0 Å². The van der Waals surface area contributed by atoms with Crippen LogP contribution in [0.3, 0.4) is 0 Å². The van der Waals surface area contributed by atoms with Crippen LogP contribution in [0, 0.1) is 6.92 Å². The van der Waals surface area contributed by atoms with Crippen LogP contribution in [0.5, 0.6) is 0 Å². The Hall–Kier alpha value is -0.430. The quantitative estimate of drug-likeness (QED) is 0.904. The van der Waals surface area contributed by atoms with Crippen molar-refractivity contribution in [2.24, 2.45) is 0 Å². The zero-order chi connectivity index (χ0) is 15.3. The van der Waals surface area contributed by atoms with Gasteiger partial charge in [-0.25, -0.2) is 8.42 Å². The summed E-state index contributed by atoms with van der Waals surface area (Å²) in [6.07, 6.45) is 4.38. The zero-order valence-corrected chi connectivity index (χ0v) is 14.6. The number of aryl methyl sites for hydroxylation is 1. The van der Waals surface area contributed by atoms with Gasteiger partial charge in [0, 0.05) is 29.5 Å². The van der Waals surface area contributed by atoms with Crippen molar-refractivity contribution >= 4 is 21.4 Å². The van der Waals surface area contributed by atoms with Crippen molar-refractivity contribution in [2.45, 2.75) is 68.8 Å². The van der Waals surface area contributed by atoms with Gasteiger partial charge in [0.2, 0.25) is 0 Å². The molecule has 0 aromatic carbocycles. The maximum Gasteiger partial charge on any atom is 0.253 e. The second-order valence-electron chi connectivity index (χ2n) is 6.82. The largest absolute Gasteiger partial charge is 0.309 e. The standard InChI is InChI=1S/C15H24N2O2S2/c1-11-9-14(20-13(11)10-16-12-5-6-12)21(18,19)17-8-4-7-15(17,2)3/h9,12,16H,4-8,10H2,1-3H3. The Morgan fingerprint density at radius 3 is 2.71 bits per heavy atom. The maximum absolute atomic E-state index is 12.9. The molecule has 21 heavy (non-hydrogen) atoms. The Labute approximate surface area is 131 Å². The van der Waals surface area contributed by atoms with Crippen LogP contribution < -0.4 is 5.32 Å². The summed E-state index contributed by atoms with van der Waals surface area (Å²) in [6.45, 7) is 7.48. The molecule has 0 radical (unpaired) electrons. The molecule has 1 aliphatic carbocycles. The number of rotatable bonds is 5. The minimum Gasteiger partial charge on any atom is -0.309 e. The summed E-state index contributed by atoms with van der Waals surface area (Å²) in [5.74, 6) is 0. The van der Waals surface area contributed by atoms with E-state index in [-0.39, 0.29) is 5.54 Å². The van der Waals surface area contributed by atoms with E-state index in [1.165, 1.54) is 24.2 Å². The number of thiophene rings is 1. The van der Waals surface area contributed by atoms with Crippen LogP contribution in [0.1, 0.15) is 50.0 Å². The molecule has 6 heteroatoms. The summed E-state index contributed by atoms with van der Waals surface area (Å²) >= 11 is 1.43. The topological polar surface area (TPSA) is 49.4 Å². The van der Waals surface area contributed by atoms with Gasteiger partial charge in [0.25, 0.3) is 10.0 Å². The molecule has 1 saturated carbocycles. The van der Waals surface area contributed by atoms with Crippen LogP contribution in [0.25, 0.3) is 0 Å². The van der Waals surface area contributed by atoms with Crippen molar-refractivity contribution in [1.82, 2.24) is 9.62 Å². The molecule has 2 fully saturated rings. The highest BCUT2D eigenvalue weighted by atomic mass is 32.2. The van der Waals surface area contributed by atoms with E-state index in [1.807, 2.05) is 26.8 Å². The van der Waals surface area contributed by atoms with Crippen molar-refractivity contribution in [1.29, 1.82) is 0 Å². The van der Waals surface area contributed by atoms with E-state index < -0.39 is 10.0 Å². The first-order chi connectivity index (χ1) is 9.80. The predicted molar refractivity (Wildman–Crippen MR) is 86.1 cm³/mol. The fourth-order valence-electron chi connectivity index (χ4n) is 2.95. The summed E-state index contributed by atoms with van der Waals surface area (Å²) in [7, 11) is -3.35. The van der Waals surface area contributed by atoms with Gasteiger partial charge in [-0.15, -0.1) is 11.3 Å². The summed E-state index contributed by atoms with van der Waals surface area (Å²) in [6, 6.07) is 2.49. The van der Waals surface area contributed by atoms with Gasteiger partial charge in [0.15, 0.2) is 0 Å². The summed E-state index contributed by atoms with van der Waals surface area (Å²) in [5.41, 5.74) is 0.826. The lowest BCUT2D eigenvalue weighted by molar-refractivity contribution is 0.292. The molecule has 0 bridgehead atoms. The minimum atomic E-state index is -3.35. The lowest BCUT2D eigenvalue weighted by Crippen LogP contribution is -2.42. The molecule has 2 aliphatic rings. The Bertz CT molecular complexity index is 630. The second-order valence-corrected chi connectivity index (χ2v) is 10.0. The van der Waals surface area contributed by atoms with Crippen LogP contribution in [-0.4, -0.2) is 30.8 Å². The third-order valence-corrected chi connectivity index (χ3v) is 8.29. The van der Waals surface area contributed by atoms with Gasteiger partial charge in [0.05, 0.1) is 0 Å². The molecule has 4 nitrogen and oxygen atoms in total. The molecule has 0 atom stereocenters. The van der Waals surface area contributed by atoms with Crippen LogP contribution in [-0.2, 0) is 16.6 Å². The monoisotopic (exact) mass is 328 g/mol. The van der Waals surface area contributed by atoms with Gasteiger partial charge in [-0.2, -0.15) is 4.31 Å². The first-order valence-corrected chi connectivity index (χ1v) is 9.92. The average Bonchev–Trinajstić information content (AvgIpc) is 3.04. The Morgan fingerprint density at radius 2 is 2.14 bits per heavy atom. The van der Waals surface area contributed by atoms with Crippen molar-refractivity contribution < 1.29 is 8.42 Å².